The van der Waals surface area contributed by atoms with Gasteiger partial charge in [-0.05, 0) is 18.2 Å². The molecule has 0 aliphatic rings. The first-order chi connectivity index (χ1) is 10.2. The first kappa shape index (κ1) is 16.2. The number of aryl methyl sites for hydroxylation is 1. The van der Waals surface area contributed by atoms with E-state index >= 15 is 0 Å². The summed E-state index contributed by atoms with van der Waals surface area (Å²) in [5, 5.41) is 12.4. The number of hydrogen-bond donors (Lipinski definition) is 1. The number of aromatic nitrogens is 2. The largest absolute Gasteiger partial charge is 0.480 e. The van der Waals surface area contributed by atoms with E-state index < -0.39 is 28.4 Å². The van der Waals surface area contributed by atoms with Gasteiger partial charge in [0, 0.05) is 13.2 Å². The summed E-state index contributed by atoms with van der Waals surface area (Å²) in [6, 6.07) is 2.84. The summed E-state index contributed by atoms with van der Waals surface area (Å²) in [4.78, 5) is 10.7. The molecule has 22 heavy (non-hydrogen) atoms. The van der Waals surface area contributed by atoms with Crippen molar-refractivity contribution in [1.82, 2.24) is 9.78 Å². The third-order valence-electron chi connectivity index (χ3n) is 2.74. The molecule has 2 aromatic rings. The highest BCUT2D eigenvalue weighted by Crippen LogP contribution is 2.26. The molecule has 7 nitrogen and oxygen atoms in total. The van der Waals surface area contributed by atoms with E-state index in [1.165, 1.54) is 17.1 Å². The van der Waals surface area contributed by atoms with Gasteiger partial charge in [-0.15, -0.1) is 0 Å². The summed E-state index contributed by atoms with van der Waals surface area (Å²) in [7, 11) is -2.67. The van der Waals surface area contributed by atoms with Crippen LogP contribution in [-0.2, 0) is 21.9 Å². The molecule has 0 saturated heterocycles. The molecule has 1 N–H and O–H groups in total. The second kappa shape index (κ2) is 5.93. The minimum absolute atomic E-state index is 0.0744. The van der Waals surface area contributed by atoms with Gasteiger partial charge in [0.15, 0.2) is 0 Å². The second-order valence-electron chi connectivity index (χ2n) is 4.35. The van der Waals surface area contributed by atoms with Crippen molar-refractivity contribution in [3.05, 3.63) is 41.4 Å². The number of hydrogen-bond acceptors (Lipinski definition) is 4. The average molecular weight is 348 g/mol. The Balaban J connectivity index is 2.53. The Morgan fingerprint density at radius 1 is 1.50 bits per heavy atom. The van der Waals surface area contributed by atoms with Crippen LogP contribution >= 0.6 is 11.6 Å². The molecule has 0 aliphatic heterocycles. The summed E-state index contributed by atoms with van der Waals surface area (Å²) in [6.07, 6.45) is 2.57. The van der Waals surface area contributed by atoms with E-state index in [4.69, 9.17) is 16.7 Å². The molecule has 0 atom stereocenters. The number of benzene rings is 1. The Morgan fingerprint density at radius 3 is 2.68 bits per heavy atom. The van der Waals surface area contributed by atoms with Crippen LogP contribution in [-0.4, -0.2) is 35.8 Å². The summed E-state index contributed by atoms with van der Waals surface area (Å²) >= 11 is 5.59. The molecule has 0 radical (unpaired) electrons. The van der Waals surface area contributed by atoms with Crippen LogP contribution in [0.1, 0.15) is 0 Å². The van der Waals surface area contributed by atoms with E-state index in [0.29, 0.717) is 4.31 Å². The Labute approximate surface area is 130 Å². The minimum atomic E-state index is -4.23. The summed E-state index contributed by atoms with van der Waals surface area (Å²) in [5.74, 6) is -2.12. The Kier molecular flexibility index (Phi) is 4.38. The summed E-state index contributed by atoms with van der Waals surface area (Å²) < 4.78 is 40.3. The van der Waals surface area contributed by atoms with E-state index in [1.807, 2.05) is 0 Å². The zero-order valence-corrected chi connectivity index (χ0v) is 12.8. The van der Waals surface area contributed by atoms with Gasteiger partial charge < -0.3 is 5.11 Å². The lowest BCUT2D eigenvalue weighted by atomic mass is 10.3. The van der Waals surface area contributed by atoms with Gasteiger partial charge in [-0.2, -0.15) is 5.10 Å². The molecule has 1 aromatic heterocycles. The van der Waals surface area contributed by atoms with E-state index in [0.717, 1.165) is 18.2 Å². The Morgan fingerprint density at radius 2 is 2.18 bits per heavy atom. The van der Waals surface area contributed by atoms with E-state index in [9.17, 15) is 17.6 Å². The molecule has 0 amide bonds. The van der Waals surface area contributed by atoms with Crippen LogP contribution in [0.3, 0.4) is 0 Å². The van der Waals surface area contributed by atoms with Crippen molar-refractivity contribution in [2.75, 3.05) is 10.8 Å². The molecule has 0 saturated carbocycles. The van der Waals surface area contributed by atoms with Crippen LogP contribution in [0.25, 0.3) is 0 Å². The number of carbonyl (C=O) groups is 1. The normalized spacial score (nSPS) is 11.4. The predicted octanol–water partition coefficient (Wildman–Crippen LogP) is 1.49. The molecule has 0 spiro atoms. The number of rotatable bonds is 5. The van der Waals surface area contributed by atoms with Crippen LogP contribution in [0.2, 0.25) is 5.02 Å². The molecule has 1 heterocycles. The molecular formula is C12H11ClFN3O4S. The number of carboxylic acid groups (broad SMARTS) is 1. The highest BCUT2D eigenvalue weighted by molar-refractivity contribution is 7.92. The van der Waals surface area contributed by atoms with Crippen molar-refractivity contribution in [2.45, 2.75) is 4.90 Å². The molecule has 118 valence electrons. The molecule has 0 aliphatic carbocycles. The summed E-state index contributed by atoms with van der Waals surface area (Å²) in [5.41, 5.74) is 0.0744. The van der Waals surface area contributed by atoms with Crippen molar-refractivity contribution in [3.8, 4) is 0 Å². The maximum atomic E-state index is 13.2. The highest BCUT2D eigenvalue weighted by atomic mass is 35.5. The van der Waals surface area contributed by atoms with Crippen molar-refractivity contribution in [2.24, 2.45) is 7.05 Å². The number of carboxylic acids is 1. The smallest absolute Gasteiger partial charge is 0.324 e. The highest BCUT2D eigenvalue weighted by Gasteiger charge is 2.28. The van der Waals surface area contributed by atoms with Crippen molar-refractivity contribution >= 4 is 33.3 Å². The molecule has 0 fully saturated rings. The van der Waals surface area contributed by atoms with Gasteiger partial charge in [-0.1, -0.05) is 11.6 Å². The van der Waals surface area contributed by atoms with Gasteiger partial charge in [0.25, 0.3) is 10.0 Å². The van der Waals surface area contributed by atoms with Crippen LogP contribution in [0.4, 0.5) is 10.1 Å². The van der Waals surface area contributed by atoms with Gasteiger partial charge in [0.1, 0.15) is 12.4 Å². The van der Waals surface area contributed by atoms with Crippen LogP contribution in [0.5, 0.6) is 0 Å². The number of sulfonamides is 1. The van der Waals surface area contributed by atoms with Crippen molar-refractivity contribution in [1.29, 1.82) is 0 Å². The van der Waals surface area contributed by atoms with Gasteiger partial charge >= 0.3 is 5.97 Å². The number of nitrogens with zero attached hydrogens (tertiary/aromatic N) is 3. The zero-order chi connectivity index (χ0) is 16.5. The average Bonchev–Trinajstić information content (AvgIpc) is 2.85. The minimum Gasteiger partial charge on any atom is -0.480 e. The van der Waals surface area contributed by atoms with Crippen molar-refractivity contribution < 1.29 is 22.7 Å². The number of anilines is 1. The second-order valence-corrected chi connectivity index (χ2v) is 6.62. The fourth-order valence-corrected chi connectivity index (χ4v) is 3.40. The molecule has 2 rings (SSSR count). The zero-order valence-electron chi connectivity index (χ0n) is 11.3. The molecule has 10 heteroatoms. The first-order valence-corrected chi connectivity index (χ1v) is 7.72. The quantitative estimate of drug-likeness (QED) is 0.884. The third-order valence-corrected chi connectivity index (χ3v) is 4.80. The third kappa shape index (κ3) is 3.20. The van der Waals surface area contributed by atoms with Crippen LogP contribution < -0.4 is 4.31 Å². The molecule has 0 bridgehead atoms. The lowest BCUT2D eigenvalue weighted by molar-refractivity contribution is -0.135. The lowest BCUT2D eigenvalue weighted by Gasteiger charge is -2.21. The summed E-state index contributed by atoms with van der Waals surface area (Å²) in [6.45, 7) is -0.803. The van der Waals surface area contributed by atoms with E-state index in [1.54, 1.807) is 7.05 Å². The maximum Gasteiger partial charge on any atom is 0.324 e. The predicted molar refractivity (Wildman–Crippen MR) is 76.8 cm³/mol. The van der Waals surface area contributed by atoms with Crippen molar-refractivity contribution in [3.63, 3.8) is 0 Å². The first-order valence-electron chi connectivity index (χ1n) is 5.90. The van der Waals surface area contributed by atoms with Crippen LogP contribution in [0.15, 0.2) is 35.5 Å². The number of aliphatic carboxylic acids is 1. The topological polar surface area (TPSA) is 92.5 Å². The molecular weight excluding hydrogens is 337 g/mol. The fraction of sp³-hybridized carbons (Fsp3) is 0.167. The lowest BCUT2D eigenvalue weighted by Crippen LogP contribution is -2.35. The van der Waals surface area contributed by atoms with Gasteiger partial charge in [-0.3, -0.25) is 13.8 Å². The molecule has 1 aromatic carbocycles. The van der Waals surface area contributed by atoms with E-state index in [-0.39, 0.29) is 15.6 Å². The monoisotopic (exact) mass is 347 g/mol. The Hall–Kier alpha value is -2.13. The van der Waals surface area contributed by atoms with Crippen LogP contribution in [0, 0.1) is 5.82 Å². The maximum absolute atomic E-state index is 13.2. The SMILES string of the molecule is Cn1cc(N(CC(=O)O)S(=O)(=O)c2ccc(F)c(Cl)c2)cn1. The number of halogens is 2. The fourth-order valence-electron chi connectivity index (χ4n) is 1.74. The Bertz CT molecular complexity index is 822. The van der Waals surface area contributed by atoms with E-state index in [2.05, 4.69) is 5.10 Å². The van der Waals surface area contributed by atoms with Gasteiger partial charge in [0.2, 0.25) is 0 Å². The molecule has 0 unspecified atom stereocenters. The van der Waals surface area contributed by atoms with Gasteiger partial charge in [0.05, 0.1) is 21.8 Å². The standard InChI is InChI=1S/C12H11ClFN3O4S/c1-16-6-8(5-15-16)17(7-12(18)19)22(20,21)9-2-3-11(14)10(13)4-9/h2-6H,7H2,1H3,(H,18,19). The van der Waals surface area contributed by atoms with Gasteiger partial charge in [-0.25, -0.2) is 12.8 Å².